The summed E-state index contributed by atoms with van der Waals surface area (Å²) in [6.07, 6.45) is 0.636. The zero-order valence-corrected chi connectivity index (χ0v) is 22.5. The number of hydrogen-bond donors (Lipinski definition) is 4. The maximum atomic E-state index is 12.1. The second kappa shape index (κ2) is 16.5. The number of carbonyl (C=O) groups is 4. The van der Waals surface area contributed by atoms with Crippen LogP contribution in [0.2, 0.25) is 0 Å². The molecule has 1 aromatic rings. The number of nitrogens with zero attached hydrogens (tertiary/aromatic N) is 5. The van der Waals surface area contributed by atoms with E-state index < -0.39 is 30.0 Å². The second-order valence-corrected chi connectivity index (χ2v) is 9.53. The first kappa shape index (κ1) is 31.8. The molecule has 1 fully saturated rings. The predicted octanol–water partition coefficient (Wildman–Crippen LogP) is 1.27. The van der Waals surface area contributed by atoms with Crippen LogP contribution in [-0.2, 0) is 20.8 Å². The molecular formula is C25H35N5O8S. The molecule has 214 valence electrons. The van der Waals surface area contributed by atoms with Gasteiger partial charge in [-0.3, -0.25) is 29.1 Å². The first-order chi connectivity index (χ1) is 18.6. The van der Waals surface area contributed by atoms with Gasteiger partial charge < -0.3 is 25.3 Å². The average molecular weight is 566 g/mol. The van der Waals surface area contributed by atoms with Crippen molar-refractivity contribution >= 4 is 47.1 Å². The number of aliphatic imine (C=N–C) groups is 1. The zero-order chi connectivity index (χ0) is 28.8. The standard InChI is InChI=1S/C25H35N5O8S/c31-22(32)15-27-8-9-28(16-23(33)34)11-13-30(25(37)38)14-21(29(12-10-27)17-24(35)36)3-1-2-19-4-6-20(7-5-19)26-18-39/h4-7,21H,1-3,8-17H2,(H,31,32)(H,33,34)(H,35,36)(H,37,38). The summed E-state index contributed by atoms with van der Waals surface area (Å²) in [7, 11) is 0. The number of aliphatic carboxylic acids is 3. The Morgan fingerprint density at radius 2 is 1.36 bits per heavy atom. The fraction of sp³-hybridized carbons (Fsp3) is 0.560. The minimum atomic E-state index is -1.18. The van der Waals surface area contributed by atoms with Crippen LogP contribution < -0.4 is 0 Å². The highest BCUT2D eigenvalue weighted by Crippen LogP contribution is 2.17. The Bertz CT molecular complexity index is 1030. The van der Waals surface area contributed by atoms with Crippen molar-refractivity contribution in [1.29, 1.82) is 0 Å². The third-order valence-electron chi connectivity index (χ3n) is 6.51. The minimum Gasteiger partial charge on any atom is -0.480 e. The molecule has 1 atom stereocenters. The van der Waals surface area contributed by atoms with E-state index in [-0.39, 0.29) is 65.4 Å². The first-order valence-electron chi connectivity index (χ1n) is 12.6. The van der Waals surface area contributed by atoms with Crippen LogP contribution in [0.3, 0.4) is 0 Å². The summed E-state index contributed by atoms with van der Waals surface area (Å²) in [5.74, 6) is -3.19. The lowest BCUT2D eigenvalue weighted by molar-refractivity contribution is -0.141. The summed E-state index contributed by atoms with van der Waals surface area (Å²) >= 11 is 4.62. The molecule has 14 heteroatoms. The molecule has 0 spiro atoms. The van der Waals surface area contributed by atoms with Crippen molar-refractivity contribution in [3.05, 3.63) is 29.8 Å². The van der Waals surface area contributed by atoms with Gasteiger partial charge in [-0.15, -0.1) is 0 Å². The number of aryl methyl sites for hydroxylation is 1. The topological polar surface area (TPSA) is 175 Å². The van der Waals surface area contributed by atoms with Gasteiger partial charge in [0.15, 0.2) is 0 Å². The van der Waals surface area contributed by atoms with Crippen LogP contribution in [0.4, 0.5) is 10.5 Å². The van der Waals surface area contributed by atoms with Crippen LogP contribution in [0.25, 0.3) is 0 Å². The number of benzene rings is 1. The number of amides is 1. The largest absolute Gasteiger partial charge is 0.480 e. The molecule has 0 aromatic heterocycles. The van der Waals surface area contributed by atoms with Crippen LogP contribution in [0.15, 0.2) is 29.3 Å². The van der Waals surface area contributed by atoms with Crippen LogP contribution >= 0.6 is 12.2 Å². The molecule has 1 aliphatic rings. The van der Waals surface area contributed by atoms with Crippen LogP contribution in [0, 0.1) is 0 Å². The van der Waals surface area contributed by atoms with Gasteiger partial charge in [-0.2, -0.15) is 4.99 Å². The molecule has 39 heavy (non-hydrogen) atoms. The quantitative estimate of drug-likeness (QED) is 0.224. The normalized spacial score (nSPS) is 18.4. The summed E-state index contributed by atoms with van der Waals surface area (Å²) in [4.78, 5) is 56.6. The number of isothiocyanates is 1. The van der Waals surface area contributed by atoms with Crippen LogP contribution in [-0.4, -0.2) is 141 Å². The van der Waals surface area contributed by atoms with E-state index in [1.807, 2.05) is 24.3 Å². The van der Waals surface area contributed by atoms with E-state index in [1.165, 1.54) is 4.90 Å². The molecule has 1 unspecified atom stereocenters. The Balaban J connectivity index is 2.26. The van der Waals surface area contributed by atoms with Crippen LogP contribution in [0.5, 0.6) is 0 Å². The van der Waals surface area contributed by atoms with Gasteiger partial charge >= 0.3 is 24.0 Å². The molecule has 1 amide bonds. The SMILES string of the molecule is O=C(O)CN1CCN(CC(=O)O)CCN(CC(=O)O)C(CCCc2ccc(N=C=S)cc2)CN(C(=O)O)CC1. The summed E-state index contributed by atoms with van der Waals surface area (Å²) in [5.41, 5.74) is 1.71. The van der Waals surface area contributed by atoms with Gasteiger partial charge in [0.1, 0.15) is 0 Å². The lowest BCUT2D eigenvalue weighted by atomic mass is 10.0. The lowest BCUT2D eigenvalue weighted by Gasteiger charge is -2.37. The first-order valence-corrected chi connectivity index (χ1v) is 13.0. The number of carboxylic acid groups (broad SMARTS) is 4. The van der Waals surface area contributed by atoms with Gasteiger partial charge in [0.2, 0.25) is 0 Å². The number of rotatable bonds is 11. The molecule has 1 aliphatic heterocycles. The van der Waals surface area contributed by atoms with E-state index in [1.54, 1.807) is 14.7 Å². The highest BCUT2D eigenvalue weighted by atomic mass is 32.1. The monoisotopic (exact) mass is 565 g/mol. The number of carboxylic acids is 3. The second-order valence-electron chi connectivity index (χ2n) is 9.35. The minimum absolute atomic E-state index is 0.0286. The highest BCUT2D eigenvalue weighted by molar-refractivity contribution is 7.78. The molecule has 1 saturated heterocycles. The summed E-state index contributed by atoms with van der Waals surface area (Å²) in [6, 6.07) is 6.99. The van der Waals surface area contributed by atoms with E-state index >= 15 is 0 Å². The Kier molecular flexibility index (Phi) is 13.5. The van der Waals surface area contributed by atoms with Crippen molar-refractivity contribution in [2.45, 2.75) is 25.3 Å². The molecule has 1 heterocycles. The summed E-state index contributed by atoms with van der Waals surface area (Å²) < 4.78 is 0. The molecule has 0 radical (unpaired) electrons. The Labute approximate surface area is 231 Å². The van der Waals surface area contributed by atoms with E-state index in [9.17, 15) is 39.6 Å². The molecule has 0 bridgehead atoms. The molecular weight excluding hydrogens is 530 g/mol. The Morgan fingerprint density at radius 3 is 1.87 bits per heavy atom. The maximum Gasteiger partial charge on any atom is 0.407 e. The molecule has 0 saturated carbocycles. The van der Waals surface area contributed by atoms with E-state index in [2.05, 4.69) is 22.4 Å². The Hall–Kier alpha value is -3.42. The van der Waals surface area contributed by atoms with Crippen molar-refractivity contribution in [1.82, 2.24) is 19.6 Å². The smallest absolute Gasteiger partial charge is 0.407 e. The van der Waals surface area contributed by atoms with Crippen molar-refractivity contribution in [2.24, 2.45) is 4.99 Å². The van der Waals surface area contributed by atoms with E-state index in [4.69, 9.17) is 0 Å². The average Bonchev–Trinajstić information content (AvgIpc) is 2.85. The lowest BCUT2D eigenvalue weighted by Crippen LogP contribution is -2.53. The van der Waals surface area contributed by atoms with E-state index in [0.29, 0.717) is 24.9 Å². The van der Waals surface area contributed by atoms with Gasteiger partial charge in [-0.05, 0) is 49.2 Å². The van der Waals surface area contributed by atoms with E-state index in [0.717, 1.165) is 5.56 Å². The zero-order valence-electron chi connectivity index (χ0n) is 21.6. The van der Waals surface area contributed by atoms with Gasteiger partial charge in [0, 0.05) is 51.9 Å². The molecule has 2 rings (SSSR count). The number of hydrogen-bond acceptors (Lipinski definition) is 9. The highest BCUT2D eigenvalue weighted by Gasteiger charge is 2.27. The predicted molar refractivity (Wildman–Crippen MR) is 145 cm³/mol. The van der Waals surface area contributed by atoms with Gasteiger partial charge in [-0.1, -0.05) is 12.1 Å². The third kappa shape index (κ3) is 12.3. The maximum absolute atomic E-state index is 12.1. The molecule has 4 N–H and O–H groups in total. The number of thiocarbonyl (C=S) groups is 1. The van der Waals surface area contributed by atoms with Crippen molar-refractivity contribution in [3.63, 3.8) is 0 Å². The fourth-order valence-electron chi connectivity index (χ4n) is 4.54. The van der Waals surface area contributed by atoms with Crippen molar-refractivity contribution in [3.8, 4) is 0 Å². The summed E-state index contributed by atoms with van der Waals surface area (Å²) in [5, 5.41) is 40.4. The van der Waals surface area contributed by atoms with Crippen LogP contribution in [0.1, 0.15) is 18.4 Å². The van der Waals surface area contributed by atoms with Crippen molar-refractivity contribution in [2.75, 3.05) is 65.4 Å². The molecule has 13 nitrogen and oxygen atoms in total. The molecule has 0 aliphatic carbocycles. The third-order valence-corrected chi connectivity index (χ3v) is 6.60. The van der Waals surface area contributed by atoms with Crippen molar-refractivity contribution < 1.29 is 39.6 Å². The van der Waals surface area contributed by atoms with Gasteiger partial charge in [0.05, 0.1) is 30.5 Å². The fourth-order valence-corrected chi connectivity index (χ4v) is 4.65. The Morgan fingerprint density at radius 1 is 0.821 bits per heavy atom. The summed E-state index contributed by atoms with van der Waals surface area (Å²) in [6.45, 7) is 0.189. The van der Waals surface area contributed by atoms with Gasteiger partial charge in [-0.25, -0.2) is 4.79 Å². The van der Waals surface area contributed by atoms with Gasteiger partial charge in [0.25, 0.3) is 0 Å². The molecule has 1 aromatic carbocycles.